The van der Waals surface area contributed by atoms with Crippen molar-refractivity contribution >= 4 is 17.7 Å². The second-order valence-electron chi connectivity index (χ2n) is 6.22. The summed E-state index contributed by atoms with van der Waals surface area (Å²) in [5.74, 6) is 1.35. The number of nitrogens with one attached hydrogen (secondary N) is 1. The van der Waals surface area contributed by atoms with Crippen molar-refractivity contribution in [3.8, 4) is 11.5 Å². The molecule has 0 aliphatic carbocycles. The Morgan fingerprint density at radius 3 is 2.79 bits per heavy atom. The molecule has 3 aromatic rings. The highest BCUT2D eigenvalue weighted by molar-refractivity contribution is 7.99. The van der Waals surface area contributed by atoms with Gasteiger partial charge in [-0.3, -0.25) is 4.79 Å². The summed E-state index contributed by atoms with van der Waals surface area (Å²) < 4.78 is 25.6. The van der Waals surface area contributed by atoms with Crippen LogP contribution in [0.1, 0.15) is 11.1 Å². The lowest BCUT2D eigenvalue weighted by Gasteiger charge is -2.09. The first-order valence-corrected chi connectivity index (χ1v) is 9.69. The quantitative estimate of drug-likeness (QED) is 0.618. The number of hydrogen-bond acceptors (Lipinski definition) is 5. The van der Waals surface area contributed by atoms with Crippen molar-refractivity contribution in [1.82, 2.24) is 14.9 Å². The van der Waals surface area contributed by atoms with E-state index in [0.29, 0.717) is 13.1 Å². The molecule has 0 bridgehead atoms. The van der Waals surface area contributed by atoms with Crippen LogP contribution in [0, 0.1) is 5.82 Å². The van der Waals surface area contributed by atoms with Crippen LogP contribution in [0.4, 0.5) is 4.39 Å². The molecular weight excluding hydrogens is 381 g/mol. The first kappa shape index (κ1) is 18.4. The molecule has 0 unspecified atom stereocenters. The minimum atomic E-state index is -0.292. The number of carbonyl (C=O) groups is 1. The Hall–Kier alpha value is -3.00. The van der Waals surface area contributed by atoms with E-state index in [0.717, 1.165) is 27.8 Å². The van der Waals surface area contributed by atoms with Gasteiger partial charge in [0.05, 0.1) is 5.75 Å². The minimum Gasteiger partial charge on any atom is -0.454 e. The van der Waals surface area contributed by atoms with Gasteiger partial charge in [0.15, 0.2) is 16.7 Å². The maximum atomic E-state index is 12.9. The van der Waals surface area contributed by atoms with Gasteiger partial charge in [-0.1, -0.05) is 30.0 Å². The third kappa shape index (κ3) is 4.45. The van der Waals surface area contributed by atoms with Crippen LogP contribution in [-0.2, 0) is 17.9 Å². The number of amides is 1. The molecule has 0 radical (unpaired) electrons. The summed E-state index contributed by atoms with van der Waals surface area (Å²) in [4.78, 5) is 16.4. The molecule has 8 heteroatoms. The van der Waals surface area contributed by atoms with Gasteiger partial charge in [-0.25, -0.2) is 9.37 Å². The number of hydrogen-bond donors (Lipinski definition) is 1. The molecular formula is C20H18FN3O3S. The van der Waals surface area contributed by atoms with Gasteiger partial charge < -0.3 is 19.4 Å². The Morgan fingerprint density at radius 1 is 1.14 bits per heavy atom. The summed E-state index contributed by atoms with van der Waals surface area (Å²) in [6, 6.07) is 11.9. The predicted octanol–water partition coefficient (Wildman–Crippen LogP) is 3.21. The molecule has 4 rings (SSSR count). The molecule has 0 fully saturated rings. The second-order valence-corrected chi connectivity index (χ2v) is 7.16. The molecule has 2 aromatic carbocycles. The monoisotopic (exact) mass is 399 g/mol. The van der Waals surface area contributed by atoms with Gasteiger partial charge in [0.1, 0.15) is 5.82 Å². The number of fused-ring (bicyclic) bond motifs is 1. The van der Waals surface area contributed by atoms with Crippen molar-refractivity contribution in [2.24, 2.45) is 0 Å². The van der Waals surface area contributed by atoms with Crippen molar-refractivity contribution in [3.05, 3.63) is 71.8 Å². The molecule has 1 amide bonds. The number of imidazole rings is 1. The zero-order valence-corrected chi connectivity index (χ0v) is 15.7. The highest BCUT2D eigenvalue weighted by Crippen LogP contribution is 2.33. The average Bonchev–Trinajstić information content (AvgIpc) is 3.35. The molecule has 0 saturated carbocycles. The van der Waals surface area contributed by atoms with Gasteiger partial charge in [0.2, 0.25) is 12.7 Å². The maximum Gasteiger partial charge on any atom is 0.231 e. The number of aromatic nitrogens is 2. The number of thioether (sulfide) groups is 1. The number of halogens is 1. The minimum absolute atomic E-state index is 0.105. The fourth-order valence-corrected chi connectivity index (χ4v) is 3.56. The van der Waals surface area contributed by atoms with E-state index in [9.17, 15) is 9.18 Å². The summed E-state index contributed by atoms with van der Waals surface area (Å²) in [5, 5.41) is 3.59. The topological polar surface area (TPSA) is 65.4 Å². The largest absolute Gasteiger partial charge is 0.454 e. The van der Waals surface area contributed by atoms with Crippen molar-refractivity contribution in [2.75, 3.05) is 12.5 Å². The van der Waals surface area contributed by atoms with Gasteiger partial charge in [0.25, 0.3) is 0 Å². The van der Waals surface area contributed by atoms with E-state index in [1.807, 2.05) is 29.0 Å². The van der Waals surface area contributed by atoms with Crippen molar-refractivity contribution in [2.45, 2.75) is 18.2 Å². The fraction of sp³-hybridized carbons (Fsp3) is 0.200. The molecule has 28 heavy (non-hydrogen) atoms. The van der Waals surface area contributed by atoms with Gasteiger partial charge in [0, 0.05) is 25.5 Å². The standard InChI is InChI=1S/C20H18FN3O3S/c21-16-4-1-14(2-5-16)10-23-19(25)12-28-20-22-7-8-24(20)11-15-3-6-17-18(9-15)27-13-26-17/h1-9H,10-13H2,(H,23,25). The Kier molecular flexibility index (Phi) is 5.48. The third-order valence-corrected chi connectivity index (χ3v) is 5.21. The first-order valence-electron chi connectivity index (χ1n) is 8.71. The zero-order valence-electron chi connectivity index (χ0n) is 14.9. The Morgan fingerprint density at radius 2 is 1.93 bits per heavy atom. The summed E-state index contributed by atoms with van der Waals surface area (Å²) in [6.45, 7) is 1.24. The molecule has 0 saturated heterocycles. The molecule has 144 valence electrons. The number of nitrogens with zero attached hydrogens (tertiary/aromatic N) is 2. The normalized spacial score (nSPS) is 12.2. The van der Waals surface area contributed by atoms with Crippen molar-refractivity contribution in [1.29, 1.82) is 0 Å². The number of ether oxygens (including phenoxy) is 2. The summed E-state index contributed by atoms with van der Waals surface area (Å²) in [5.41, 5.74) is 1.91. The van der Waals surface area contributed by atoms with Crippen LogP contribution in [0.2, 0.25) is 0 Å². The average molecular weight is 399 g/mol. The van der Waals surface area contributed by atoms with Crippen LogP contribution in [0.5, 0.6) is 11.5 Å². The van der Waals surface area contributed by atoms with E-state index < -0.39 is 0 Å². The molecule has 1 aliphatic heterocycles. The highest BCUT2D eigenvalue weighted by Gasteiger charge is 2.14. The number of benzene rings is 2. The Bertz CT molecular complexity index is 975. The van der Waals surface area contributed by atoms with Gasteiger partial charge in [-0.15, -0.1) is 0 Å². The van der Waals surface area contributed by atoms with Gasteiger partial charge >= 0.3 is 0 Å². The van der Waals surface area contributed by atoms with Crippen LogP contribution < -0.4 is 14.8 Å². The van der Waals surface area contributed by atoms with Crippen LogP contribution >= 0.6 is 11.8 Å². The Balaban J connectivity index is 1.30. The molecule has 6 nitrogen and oxygen atoms in total. The van der Waals surface area contributed by atoms with Crippen molar-refractivity contribution in [3.63, 3.8) is 0 Å². The van der Waals surface area contributed by atoms with Crippen LogP contribution in [0.15, 0.2) is 60.0 Å². The summed E-state index contributed by atoms with van der Waals surface area (Å²) >= 11 is 1.37. The second kappa shape index (κ2) is 8.35. The lowest BCUT2D eigenvalue weighted by Crippen LogP contribution is -2.24. The summed E-state index contributed by atoms with van der Waals surface area (Å²) in [7, 11) is 0. The maximum absolute atomic E-state index is 12.9. The van der Waals surface area contributed by atoms with E-state index in [-0.39, 0.29) is 24.3 Å². The molecule has 1 aliphatic rings. The van der Waals surface area contributed by atoms with Crippen LogP contribution in [-0.4, -0.2) is 28.0 Å². The van der Waals surface area contributed by atoms with Gasteiger partial charge in [-0.2, -0.15) is 0 Å². The van der Waals surface area contributed by atoms with Gasteiger partial charge in [-0.05, 0) is 35.4 Å². The summed E-state index contributed by atoms with van der Waals surface area (Å²) in [6.07, 6.45) is 3.59. The van der Waals surface area contributed by atoms with E-state index in [4.69, 9.17) is 9.47 Å². The van der Waals surface area contributed by atoms with E-state index in [2.05, 4.69) is 10.3 Å². The Labute approximate surface area is 165 Å². The van der Waals surface area contributed by atoms with Crippen molar-refractivity contribution < 1.29 is 18.7 Å². The van der Waals surface area contributed by atoms with E-state index in [1.165, 1.54) is 23.9 Å². The predicted molar refractivity (Wildman–Crippen MR) is 103 cm³/mol. The van der Waals surface area contributed by atoms with E-state index in [1.54, 1.807) is 18.3 Å². The molecule has 0 spiro atoms. The zero-order chi connectivity index (χ0) is 19.3. The lowest BCUT2D eigenvalue weighted by molar-refractivity contribution is -0.118. The molecule has 1 aromatic heterocycles. The fourth-order valence-electron chi connectivity index (χ4n) is 2.78. The van der Waals surface area contributed by atoms with Crippen LogP contribution in [0.25, 0.3) is 0 Å². The lowest BCUT2D eigenvalue weighted by atomic mass is 10.2. The van der Waals surface area contributed by atoms with Crippen LogP contribution in [0.3, 0.4) is 0 Å². The molecule has 2 heterocycles. The molecule has 1 N–H and O–H groups in total. The third-order valence-electron chi connectivity index (χ3n) is 4.20. The number of carbonyl (C=O) groups excluding carboxylic acids is 1. The van der Waals surface area contributed by atoms with E-state index >= 15 is 0 Å². The SMILES string of the molecule is O=C(CSc1nccn1Cc1ccc2c(c1)OCO2)NCc1ccc(F)cc1. The number of rotatable bonds is 7. The first-order chi connectivity index (χ1) is 13.7. The smallest absolute Gasteiger partial charge is 0.231 e. The molecule has 0 atom stereocenters. The highest BCUT2D eigenvalue weighted by atomic mass is 32.2.